The van der Waals surface area contributed by atoms with Crippen molar-refractivity contribution in [2.45, 2.75) is 64.7 Å². The predicted octanol–water partition coefficient (Wildman–Crippen LogP) is 5.95. The van der Waals surface area contributed by atoms with Crippen LogP contribution in [0.25, 0.3) is 5.57 Å². The quantitative estimate of drug-likeness (QED) is 0.278. The molecule has 0 unspecified atom stereocenters. The van der Waals surface area contributed by atoms with E-state index in [2.05, 4.69) is 19.2 Å². The van der Waals surface area contributed by atoms with E-state index in [1.54, 1.807) is 0 Å². The highest BCUT2D eigenvalue weighted by molar-refractivity contribution is 6.20. The van der Waals surface area contributed by atoms with Gasteiger partial charge in [0.05, 0.1) is 5.57 Å². The molecule has 1 heteroatoms. The van der Waals surface area contributed by atoms with Crippen molar-refractivity contribution >= 4 is 11.4 Å². The Morgan fingerprint density at radius 3 is 2.10 bits per heavy atom. The fourth-order valence-electron chi connectivity index (χ4n) is 2.51. The molecule has 0 aliphatic heterocycles. The summed E-state index contributed by atoms with van der Waals surface area (Å²) in [6, 6.07) is 9.72. The Labute approximate surface area is 129 Å². The van der Waals surface area contributed by atoms with E-state index in [1.165, 1.54) is 38.5 Å². The van der Waals surface area contributed by atoms with Crippen LogP contribution in [0.4, 0.5) is 0 Å². The van der Waals surface area contributed by atoms with Gasteiger partial charge in [0.2, 0.25) is 0 Å². The molecule has 0 aromatic heterocycles. The van der Waals surface area contributed by atoms with Crippen LogP contribution in [-0.2, 0) is 4.79 Å². The average molecular weight is 284 g/mol. The summed E-state index contributed by atoms with van der Waals surface area (Å²) in [6.45, 7) is 5.90. The van der Waals surface area contributed by atoms with E-state index in [1.807, 2.05) is 30.3 Å². The molecule has 0 saturated heterocycles. The third kappa shape index (κ3) is 7.11. The maximum absolute atomic E-state index is 12.2. The summed E-state index contributed by atoms with van der Waals surface area (Å²) in [4.78, 5) is 12.2. The number of benzene rings is 1. The lowest BCUT2D eigenvalue weighted by Gasteiger charge is -2.05. The Morgan fingerprint density at radius 2 is 1.52 bits per heavy atom. The fraction of sp³-hybridized carbons (Fsp3) is 0.500. The zero-order valence-electron chi connectivity index (χ0n) is 13.4. The van der Waals surface area contributed by atoms with E-state index in [0.29, 0.717) is 12.0 Å². The van der Waals surface area contributed by atoms with Crippen LogP contribution in [0.2, 0.25) is 0 Å². The average Bonchev–Trinajstić information content (AvgIpc) is 2.52. The van der Waals surface area contributed by atoms with Crippen molar-refractivity contribution in [1.29, 1.82) is 0 Å². The van der Waals surface area contributed by atoms with Gasteiger partial charge in [-0.3, -0.25) is 4.79 Å². The molecule has 0 bridgehead atoms. The first kappa shape index (κ1) is 17.5. The number of unbranched alkanes of at least 4 members (excludes halogenated alkanes) is 7. The van der Waals surface area contributed by atoms with Gasteiger partial charge in [-0.1, -0.05) is 88.8 Å². The van der Waals surface area contributed by atoms with Crippen LogP contribution in [0.1, 0.15) is 70.3 Å². The zero-order valence-corrected chi connectivity index (χ0v) is 13.4. The summed E-state index contributed by atoms with van der Waals surface area (Å²) in [5.41, 5.74) is 4.38. The number of hydrogen-bond acceptors (Lipinski definition) is 1. The lowest BCUT2D eigenvalue weighted by molar-refractivity contribution is -0.113. The Morgan fingerprint density at radius 1 is 0.952 bits per heavy atom. The van der Waals surface area contributed by atoms with Gasteiger partial charge in [-0.15, -0.1) is 5.73 Å². The summed E-state index contributed by atoms with van der Waals surface area (Å²) in [6.07, 6.45) is 10.6. The van der Waals surface area contributed by atoms with Crippen LogP contribution >= 0.6 is 0 Å². The molecule has 0 fully saturated rings. The summed E-state index contributed by atoms with van der Waals surface area (Å²) in [7, 11) is 0. The van der Waals surface area contributed by atoms with Gasteiger partial charge in [-0.2, -0.15) is 0 Å². The van der Waals surface area contributed by atoms with Crippen molar-refractivity contribution in [2.75, 3.05) is 0 Å². The van der Waals surface area contributed by atoms with Crippen molar-refractivity contribution in [1.82, 2.24) is 0 Å². The van der Waals surface area contributed by atoms with E-state index >= 15 is 0 Å². The Balaban J connectivity index is 2.23. The van der Waals surface area contributed by atoms with Gasteiger partial charge in [-0.25, -0.2) is 0 Å². The van der Waals surface area contributed by atoms with Gasteiger partial charge in [0.1, 0.15) is 0 Å². The first-order valence-corrected chi connectivity index (χ1v) is 8.28. The highest BCUT2D eigenvalue weighted by Crippen LogP contribution is 2.17. The molecule has 0 radical (unpaired) electrons. The van der Waals surface area contributed by atoms with E-state index < -0.39 is 0 Å². The zero-order chi connectivity index (χ0) is 15.3. The molecule has 0 N–H and O–H groups in total. The SMILES string of the molecule is C=C=C(C(=O)CCCCCCCCCC)c1ccccc1. The third-order valence-corrected chi connectivity index (χ3v) is 3.78. The van der Waals surface area contributed by atoms with Crippen molar-refractivity contribution < 1.29 is 4.79 Å². The van der Waals surface area contributed by atoms with Crippen LogP contribution in [0.5, 0.6) is 0 Å². The number of hydrogen-bond donors (Lipinski definition) is 0. The number of allylic oxidation sites excluding steroid dienone is 1. The largest absolute Gasteiger partial charge is 0.293 e. The molecular weight excluding hydrogens is 256 g/mol. The molecule has 0 heterocycles. The van der Waals surface area contributed by atoms with Gasteiger partial charge in [0.25, 0.3) is 0 Å². The minimum absolute atomic E-state index is 0.169. The monoisotopic (exact) mass is 284 g/mol. The minimum atomic E-state index is 0.169. The van der Waals surface area contributed by atoms with Gasteiger partial charge in [0, 0.05) is 6.42 Å². The maximum Gasteiger partial charge on any atom is 0.171 e. The number of Topliss-reactive ketones (excluding diaryl/α,β-unsaturated/α-hetero) is 1. The van der Waals surface area contributed by atoms with E-state index in [4.69, 9.17) is 0 Å². The smallest absolute Gasteiger partial charge is 0.171 e. The second-order valence-corrected chi connectivity index (χ2v) is 5.57. The lowest BCUT2D eigenvalue weighted by Crippen LogP contribution is -2.01. The Kier molecular flexibility index (Phi) is 9.24. The number of carbonyl (C=O) groups excluding carboxylic acids is 1. The minimum Gasteiger partial charge on any atom is -0.293 e. The van der Waals surface area contributed by atoms with E-state index in [-0.39, 0.29) is 5.78 Å². The first-order chi connectivity index (χ1) is 10.3. The molecule has 0 spiro atoms. The summed E-state index contributed by atoms with van der Waals surface area (Å²) < 4.78 is 0. The Bertz CT molecular complexity index is 452. The first-order valence-electron chi connectivity index (χ1n) is 8.28. The van der Waals surface area contributed by atoms with Crippen molar-refractivity contribution in [3.63, 3.8) is 0 Å². The van der Waals surface area contributed by atoms with Gasteiger partial charge in [-0.05, 0) is 12.0 Å². The predicted molar refractivity (Wildman–Crippen MR) is 91.2 cm³/mol. The normalized spacial score (nSPS) is 10.1. The molecule has 1 rings (SSSR count). The van der Waals surface area contributed by atoms with Crippen molar-refractivity contribution in [2.24, 2.45) is 0 Å². The topological polar surface area (TPSA) is 17.1 Å². The molecule has 0 aliphatic carbocycles. The van der Waals surface area contributed by atoms with Gasteiger partial charge in [0.15, 0.2) is 5.78 Å². The molecule has 0 saturated carbocycles. The fourth-order valence-corrected chi connectivity index (χ4v) is 2.51. The molecule has 0 atom stereocenters. The standard InChI is InChI=1S/C20H28O/c1-3-5-6-7-8-9-10-14-17-20(21)19(4-2)18-15-12-11-13-16-18/h11-13,15-16H,2-3,5-10,14,17H2,1H3. The molecule has 1 nitrogen and oxygen atoms in total. The lowest BCUT2D eigenvalue weighted by atomic mass is 9.98. The molecule has 0 aliphatic rings. The molecule has 0 amide bonds. The second kappa shape index (κ2) is 11.1. The highest BCUT2D eigenvalue weighted by atomic mass is 16.1. The number of carbonyl (C=O) groups is 1. The van der Waals surface area contributed by atoms with Crippen LogP contribution < -0.4 is 0 Å². The van der Waals surface area contributed by atoms with E-state index in [9.17, 15) is 4.79 Å². The van der Waals surface area contributed by atoms with Crippen LogP contribution in [0.15, 0.2) is 42.6 Å². The van der Waals surface area contributed by atoms with Gasteiger partial charge < -0.3 is 0 Å². The summed E-state index contributed by atoms with van der Waals surface area (Å²) >= 11 is 0. The van der Waals surface area contributed by atoms with E-state index in [0.717, 1.165) is 18.4 Å². The number of rotatable bonds is 11. The molecule has 114 valence electrons. The van der Waals surface area contributed by atoms with Crippen molar-refractivity contribution in [3.05, 3.63) is 48.2 Å². The Hall–Kier alpha value is -1.59. The molecular formula is C20H28O. The molecule has 1 aromatic carbocycles. The second-order valence-electron chi connectivity index (χ2n) is 5.57. The van der Waals surface area contributed by atoms with Crippen LogP contribution in [0, 0.1) is 0 Å². The molecule has 21 heavy (non-hydrogen) atoms. The van der Waals surface area contributed by atoms with Crippen molar-refractivity contribution in [3.8, 4) is 0 Å². The molecule has 1 aromatic rings. The summed E-state index contributed by atoms with van der Waals surface area (Å²) in [5.74, 6) is 0.169. The van der Waals surface area contributed by atoms with Gasteiger partial charge >= 0.3 is 0 Å². The summed E-state index contributed by atoms with van der Waals surface area (Å²) in [5, 5.41) is 0. The maximum atomic E-state index is 12.2. The highest BCUT2D eigenvalue weighted by Gasteiger charge is 2.10. The van der Waals surface area contributed by atoms with Crippen LogP contribution in [-0.4, -0.2) is 5.78 Å². The number of ketones is 1. The third-order valence-electron chi connectivity index (χ3n) is 3.78. The van der Waals surface area contributed by atoms with Crippen LogP contribution in [0.3, 0.4) is 0 Å².